The van der Waals surface area contributed by atoms with Crippen LogP contribution in [0.1, 0.15) is 5.56 Å². The van der Waals surface area contributed by atoms with Crippen molar-refractivity contribution in [1.29, 1.82) is 0 Å². The van der Waals surface area contributed by atoms with Crippen molar-refractivity contribution in [3.05, 3.63) is 42.2 Å². The number of hydrogen-bond donors (Lipinski definition) is 1. The molecular formula is C10H10N2O. The predicted molar refractivity (Wildman–Crippen MR) is 49.8 cm³/mol. The molecule has 0 saturated heterocycles. The van der Waals surface area contributed by atoms with E-state index in [0.29, 0.717) is 6.01 Å². The molecule has 66 valence electrons. The zero-order valence-corrected chi connectivity index (χ0v) is 7.32. The lowest BCUT2D eigenvalue weighted by atomic mass is 10.2. The molecule has 0 aliphatic carbocycles. The number of ether oxygens (including phenoxy) is 1. The van der Waals surface area contributed by atoms with E-state index in [-0.39, 0.29) is 0 Å². The first-order valence-corrected chi connectivity index (χ1v) is 4.08. The van der Waals surface area contributed by atoms with Gasteiger partial charge in [-0.3, -0.25) is 0 Å². The van der Waals surface area contributed by atoms with Gasteiger partial charge in [-0.15, -0.1) is 0 Å². The lowest BCUT2D eigenvalue weighted by Crippen LogP contribution is -1.85. The third-order valence-corrected chi connectivity index (χ3v) is 1.71. The van der Waals surface area contributed by atoms with Crippen molar-refractivity contribution in [3.8, 4) is 11.8 Å². The van der Waals surface area contributed by atoms with E-state index in [4.69, 9.17) is 4.74 Å². The Morgan fingerprint density at radius 1 is 1.23 bits per heavy atom. The van der Waals surface area contributed by atoms with Crippen molar-refractivity contribution in [2.75, 3.05) is 0 Å². The van der Waals surface area contributed by atoms with Gasteiger partial charge in [0.25, 0.3) is 6.01 Å². The van der Waals surface area contributed by atoms with Crippen LogP contribution in [0.2, 0.25) is 0 Å². The first-order valence-electron chi connectivity index (χ1n) is 4.08. The van der Waals surface area contributed by atoms with Gasteiger partial charge in [-0.1, -0.05) is 17.7 Å². The molecule has 3 heteroatoms. The van der Waals surface area contributed by atoms with Crippen LogP contribution >= 0.6 is 0 Å². The van der Waals surface area contributed by atoms with Crippen LogP contribution < -0.4 is 4.74 Å². The maximum atomic E-state index is 5.41. The molecule has 0 atom stereocenters. The Bertz CT molecular complexity index is 364. The van der Waals surface area contributed by atoms with E-state index in [1.54, 1.807) is 12.4 Å². The highest BCUT2D eigenvalue weighted by molar-refractivity contribution is 5.28. The molecule has 3 nitrogen and oxygen atoms in total. The lowest BCUT2D eigenvalue weighted by Gasteiger charge is -2.00. The average Bonchev–Trinajstić information content (AvgIpc) is 2.62. The Morgan fingerprint density at radius 2 is 2.00 bits per heavy atom. The number of nitrogens with one attached hydrogen (secondary N) is 1. The second-order valence-corrected chi connectivity index (χ2v) is 2.81. The topological polar surface area (TPSA) is 37.9 Å². The van der Waals surface area contributed by atoms with Crippen molar-refractivity contribution < 1.29 is 4.74 Å². The molecule has 1 aromatic heterocycles. The summed E-state index contributed by atoms with van der Waals surface area (Å²) in [6.07, 6.45) is 3.38. The molecule has 13 heavy (non-hydrogen) atoms. The van der Waals surface area contributed by atoms with Crippen LogP contribution in [0.25, 0.3) is 0 Å². The van der Waals surface area contributed by atoms with Gasteiger partial charge in [0.15, 0.2) is 0 Å². The number of hydrogen-bond acceptors (Lipinski definition) is 2. The molecule has 1 aromatic carbocycles. The van der Waals surface area contributed by atoms with Crippen LogP contribution in [-0.2, 0) is 0 Å². The monoisotopic (exact) mass is 174 g/mol. The van der Waals surface area contributed by atoms with E-state index in [1.807, 2.05) is 31.2 Å². The number of rotatable bonds is 2. The number of benzene rings is 1. The van der Waals surface area contributed by atoms with Gasteiger partial charge in [0.05, 0.1) is 0 Å². The van der Waals surface area contributed by atoms with E-state index in [1.165, 1.54) is 5.56 Å². The van der Waals surface area contributed by atoms with Crippen molar-refractivity contribution in [3.63, 3.8) is 0 Å². The van der Waals surface area contributed by atoms with Gasteiger partial charge in [0, 0.05) is 12.4 Å². The van der Waals surface area contributed by atoms with Crippen LogP contribution in [0.5, 0.6) is 11.8 Å². The van der Waals surface area contributed by atoms with Gasteiger partial charge in [0.1, 0.15) is 5.75 Å². The summed E-state index contributed by atoms with van der Waals surface area (Å²) in [6.45, 7) is 2.04. The third-order valence-electron chi connectivity index (χ3n) is 1.71. The summed E-state index contributed by atoms with van der Waals surface area (Å²) in [5.41, 5.74) is 1.21. The number of aryl methyl sites for hydroxylation is 1. The Hall–Kier alpha value is -1.77. The highest BCUT2D eigenvalue weighted by Crippen LogP contribution is 2.17. The first kappa shape index (κ1) is 7.86. The van der Waals surface area contributed by atoms with Gasteiger partial charge >= 0.3 is 0 Å². The Labute approximate surface area is 76.4 Å². The quantitative estimate of drug-likeness (QED) is 0.759. The summed E-state index contributed by atoms with van der Waals surface area (Å²) in [5.74, 6) is 0.792. The molecule has 2 aromatic rings. The van der Waals surface area contributed by atoms with Crippen molar-refractivity contribution in [2.24, 2.45) is 0 Å². The molecule has 1 N–H and O–H groups in total. The molecule has 0 aliphatic rings. The van der Waals surface area contributed by atoms with Gasteiger partial charge in [-0.2, -0.15) is 0 Å². The van der Waals surface area contributed by atoms with Crippen LogP contribution in [0, 0.1) is 6.92 Å². The van der Waals surface area contributed by atoms with Gasteiger partial charge in [-0.05, 0) is 19.1 Å². The molecule has 0 bridgehead atoms. The fourth-order valence-electron chi connectivity index (χ4n) is 1.02. The summed E-state index contributed by atoms with van der Waals surface area (Å²) in [5, 5.41) is 0. The summed E-state index contributed by atoms with van der Waals surface area (Å²) in [7, 11) is 0. The van der Waals surface area contributed by atoms with Crippen molar-refractivity contribution in [2.45, 2.75) is 6.92 Å². The van der Waals surface area contributed by atoms with E-state index in [2.05, 4.69) is 9.97 Å². The Morgan fingerprint density at radius 3 is 2.62 bits per heavy atom. The summed E-state index contributed by atoms with van der Waals surface area (Å²) < 4.78 is 5.41. The number of H-pyrrole nitrogens is 1. The minimum Gasteiger partial charge on any atom is -0.426 e. The largest absolute Gasteiger partial charge is 0.426 e. The molecule has 0 unspecified atom stereocenters. The van der Waals surface area contributed by atoms with E-state index in [9.17, 15) is 0 Å². The molecule has 0 spiro atoms. The standard InChI is InChI=1S/C10H10N2O/c1-8-2-4-9(5-3-8)13-10-11-6-7-12-10/h2-7H,1H3,(H,11,12). The minimum absolute atomic E-state index is 0.517. The highest BCUT2D eigenvalue weighted by atomic mass is 16.5. The van der Waals surface area contributed by atoms with Gasteiger partial charge < -0.3 is 9.72 Å². The second kappa shape index (κ2) is 3.31. The minimum atomic E-state index is 0.517. The fourth-order valence-corrected chi connectivity index (χ4v) is 1.02. The molecule has 0 radical (unpaired) electrons. The van der Waals surface area contributed by atoms with Crippen molar-refractivity contribution >= 4 is 0 Å². The predicted octanol–water partition coefficient (Wildman–Crippen LogP) is 2.51. The first-order chi connectivity index (χ1) is 6.34. The van der Waals surface area contributed by atoms with E-state index in [0.717, 1.165) is 5.75 Å². The second-order valence-electron chi connectivity index (χ2n) is 2.81. The van der Waals surface area contributed by atoms with Crippen LogP contribution in [0.15, 0.2) is 36.7 Å². The third kappa shape index (κ3) is 1.87. The highest BCUT2D eigenvalue weighted by Gasteiger charge is 1.96. The maximum absolute atomic E-state index is 5.41. The van der Waals surface area contributed by atoms with Gasteiger partial charge in [-0.25, -0.2) is 4.98 Å². The smallest absolute Gasteiger partial charge is 0.299 e. The van der Waals surface area contributed by atoms with E-state index < -0.39 is 0 Å². The molecule has 1 heterocycles. The summed E-state index contributed by atoms with van der Waals surface area (Å²) in [4.78, 5) is 6.82. The SMILES string of the molecule is Cc1ccc(Oc2ncc[nH]2)cc1. The normalized spacial score (nSPS) is 9.92. The van der Waals surface area contributed by atoms with Crippen LogP contribution in [-0.4, -0.2) is 9.97 Å². The van der Waals surface area contributed by atoms with E-state index >= 15 is 0 Å². The Balaban J connectivity index is 2.15. The van der Waals surface area contributed by atoms with Crippen LogP contribution in [0.4, 0.5) is 0 Å². The summed E-state index contributed by atoms with van der Waals surface area (Å²) >= 11 is 0. The zero-order chi connectivity index (χ0) is 9.10. The number of aromatic nitrogens is 2. The summed E-state index contributed by atoms with van der Waals surface area (Å²) in [6, 6.07) is 8.34. The molecule has 0 aliphatic heterocycles. The van der Waals surface area contributed by atoms with Gasteiger partial charge in [0.2, 0.25) is 0 Å². The fraction of sp³-hybridized carbons (Fsp3) is 0.100. The maximum Gasteiger partial charge on any atom is 0.299 e. The van der Waals surface area contributed by atoms with Crippen LogP contribution in [0.3, 0.4) is 0 Å². The van der Waals surface area contributed by atoms with Crippen molar-refractivity contribution in [1.82, 2.24) is 9.97 Å². The molecular weight excluding hydrogens is 164 g/mol. The molecule has 2 rings (SSSR count). The molecule has 0 amide bonds. The average molecular weight is 174 g/mol. The number of nitrogens with zero attached hydrogens (tertiary/aromatic N) is 1. The number of imidazole rings is 1. The Kier molecular flexibility index (Phi) is 2.00. The zero-order valence-electron chi connectivity index (χ0n) is 7.32. The lowest BCUT2D eigenvalue weighted by molar-refractivity contribution is 0.447. The molecule has 0 fully saturated rings. The molecule has 0 saturated carbocycles. The number of aromatic amines is 1.